The van der Waals surface area contributed by atoms with Crippen LogP contribution in [-0.4, -0.2) is 26.1 Å². The van der Waals surface area contributed by atoms with Gasteiger partial charge in [0.1, 0.15) is 5.75 Å². The van der Waals surface area contributed by atoms with E-state index in [-0.39, 0.29) is 21.6 Å². The standard InChI is InChI=1S/C11H13ClN2O3S/c12-7-1-4-9(13)10(5-7)18(16,17)6-11(15)14-8-2-3-8/h1,4-5,8H,2-3,6,13H2,(H,14,15). The molecule has 98 valence electrons. The third kappa shape index (κ3) is 3.14. The molecule has 18 heavy (non-hydrogen) atoms. The Labute approximate surface area is 110 Å². The van der Waals surface area contributed by atoms with E-state index in [4.69, 9.17) is 17.3 Å². The normalized spacial score (nSPS) is 15.4. The molecule has 7 heteroatoms. The van der Waals surface area contributed by atoms with Crippen molar-refractivity contribution >= 4 is 33.0 Å². The molecule has 0 heterocycles. The predicted molar refractivity (Wildman–Crippen MR) is 69.1 cm³/mol. The van der Waals surface area contributed by atoms with Crippen LogP contribution in [0, 0.1) is 0 Å². The molecule has 2 rings (SSSR count). The Kier molecular flexibility index (Phi) is 3.49. The van der Waals surface area contributed by atoms with E-state index >= 15 is 0 Å². The molecule has 0 bridgehead atoms. The van der Waals surface area contributed by atoms with Gasteiger partial charge in [-0.15, -0.1) is 0 Å². The van der Waals surface area contributed by atoms with Gasteiger partial charge in [0, 0.05) is 11.1 Å². The van der Waals surface area contributed by atoms with Crippen LogP contribution in [0.2, 0.25) is 5.02 Å². The topological polar surface area (TPSA) is 89.3 Å². The van der Waals surface area contributed by atoms with E-state index in [9.17, 15) is 13.2 Å². The lowest BCUT2D eigenvalue weighted by atomic mass is 10.3. The van der Waals surface area contributed by atoms with Gasteiger partial charge in [-0.2, -0.15) is 0 Å². The van der Waals surface area contributed by atoms with Crippen LogP contribution < -0.4 is 11.1 Å². The first-order chi connectivity index (χ1) is 8.38. The van der Waals surface area contributed by atoms with Gasteiger partial charge >= 0.3 is 0 Å². The number of nitrogens with one attached hydrogen (secondary N) is 1. The molecular formula is C11H13ClN2O3S. The number of benzene rings is 1. The van der Waals surface area contributed by atoms with Gasteiger partial charge in [0.2, 0.25) is 5.91 Å². The van der Waals surface area contributed by atoms with E-state index in [1.54, 1.807) is 0 Å². The van der Waals surface area contributed by atoms with Gasteiger partial charge in [0.15, 0.2) is 9.84 Å². The SMILES string of the molecule is Nc1ccc(Cl)cc1S(=O)(=O)CC(=O)NC1CC1. The summed E-state index contributed by atoms with van der Waals surface area (Å²) < 4.78 is 24.0. The van der Waals surface area contributed by atoms with Gasteiger partial charge in [-0.1, -0.05) is 11.6 Å². The molecular weight excluding hydrogens is 276 g/mol. The first kappa shape index (κ1) is 13.2. The van der Waals surface area contributed by atoms with Crippen LogP contribution in [-0.2, 0) is 14.6 Å². The maximum atomic E-state index is 12.0. The third-order valence-corrected chi connectivity index (χ3v) is 4.48. The number of anilines is 1. The Hall–Kier alpha value is -1.27. The zero-order valence-electron chi connectivity index (χ0n) is 9.52. The minimum absolute atomic E-state index is 0.0959. The summed E-state index contributed by atoms with van der Waals surface area (Å²) in [4.78, 5) is 11.4. The highest BCUT2D eigenvalue weighted by Gasteiger charge is 2.27. The fraction of sp³-hybridized carbons (Fsp3) is 0.364. The predicted octanol–water partition coefficient (Wildman–Crippen LogP) is 0.975. The second kappa shape index (κ2) is 4.78. The third-order valence-electron chi connectivity index (χ3n) is 2.57. The quantitative estimate of drug-likeness (QED) is 0.808. The van der Waals surface area contributed by atoms with Gasteiger partial charge in [-0.3, -0.25) is 4.79 Å². The van der Waals surface area contributed by atoms with Crippen molar-refractivity contribution in [3.05, 3.63) is 23.2 Å². The number of hydrogen-bond acceptors (Lipinski definition) is 4. The molecule has 0 spiro atoms. The summed E-state index contributed by atoms with van der Waals surface area (Å²) in [5.74, 6) is -1.11. The van der Waals surface area contributed by atoms with Crippen molar-refractivity contribution in [3.8, 4) is 0 Å². The number of carbonyl (C=O) groups excluding carboxylic acids is 1. The van der Waals surface area contributed by atoms with Crippen LogP contribution in [0.4, 0.5) is 5.69 Å². The van der Waals surface area contributed by atoms with Crippen molar-refractivity contribution < 1.29 is 13.2 Å². The fourth-order valence-electron chi connectivity index (χ4n) is 1.52. The minimum Gasteiger partial charge on any atom is -0.398 e. The van der Waals surface area contributed by atoms with Crippen molar-refractivity contribution in [1.82, 2.24) is 5.32 Å². The number of halogens is 1. The van der Waals surface area contributed by atoms with E-state index in [0.717, 1.165) is 12.8 Å². The van der Waals surface area contributed by atoms with Crippen LogP contribution in [0.25, 0.3) is 0 Å². The molecule has 1 saturated carbocycles. The summed E-state index contributed by atoms with van der Waals surface area (Å²) in [6.45, 7) is 0. The number of nitrogen functional groups attached to an aromatic ring is 1. The average molecular weight is 289 g/mol. The van der Waals surface area contributed by atoms with Gasteiger partial charge in [0.25, 0.3) is 0 Å². The van der Waals surface area contributed by atoms with E-state index in [2.05, 4.69) is 5.32 Å². The fourth-order valence-corrected chi connectivity index (χ4v) is 3.08. The Morgan fingerprint density at radius 2 is 2.11 bits per heavy atom. The highest BCUT2D eigenvalue weighted by molar-refractivity contribution is 7.92. The summed E-state index contributed by atoms with van der Waals surface area (Å²) in [7, 11) is -3.75. The van der Waals surface area contributed by atoms with E-state index in [1.165, 1.54) is 18.2 Å². The van der Waals surface area contributed by atoms with Crippen LogP contribution >= 0.6 is 11.6 Å². The van der Waals surface area contributed by atoms with E-state index in [0.29, 0.717) is 0 Å². The second-order valence-corrected chi connectivity index (χ2v) is 6.68. The lowest BCUT2D eigenvalue weighted by Gasteiger charge is -2.08. The Morgan fingerprint density at radius 3 is 2.72 bits per heavy atom. The lowest BCUT2D eigenvalue weighted by molar-refractivity contribution is -0.118. The zero-order chi connectivity index (χ0) is 13.3. The van der Waals surface area contributed by atoms with Crippen LogP contribution in [0.5, 0.6) is 0 Å². The summed E-state index contributed by atoms with van der Waals surface area (Å²) in [5, 5.41) is 2.89. The molecule has 0 atom stereocenters. The minimum atomic E-state index is -3.75. The van der Waals surface area contributed by atoms with E-state index in [1.807, 2.05) is 0 Å². The average Bonchev–Trinajstić information content (AvgIpc) is 3.04. The van der Waals surface area contributed by atoms with Crippen LogP contribution in [0.3, 0.4) is 0 Å². The van der Waals surface area contributed by atoms with Crippen LogP contribution in [0.15, 0.2) is 23.1 Å². The molecule has 1 fully saturated rings. The summed E-state index contributed by atoms with van der Waals surface area (Å²) >= 11 is 5.73. The molecule has 1 aliphatic rings. The smallest absolute Gasteiger partial charge is 0.235 e. The molecule has 0 saturated heterocycles. The van der Waals surface area contributed by atoms with Crippen molar-refractivity contribution in [2.24, 2.45) is 0 Å². The number of sulfone groups is 1. The first-order valence-electron chi connectivity index (χ1n) is 5.45. The van der Waals surface area contributed by atoms with Gasteiger partial charge in [-0.25, -0.2) is 8.42 Å². The van der Waals surface area contributed by atoms with Gasteiger partial charge < -0.3 is 11.1 Å². The number of carbonyl (C=O) groups is 1. The first-order valence-corrected chi connectivity index (χ1v) is 7.48. The second-order valence-electron chi connectivity index (χ2n) is 4.28. The maximum Gasteiger partial charge on any atom is 0.235 e. The molecule has 1 aromatic carbocycles. The van der Waals surface area contributed by atoms with Crippen molar-refractivity contribution in [1.29, 1.82) is 0 Å². The highest BCUT2D eigenvalue weighted by atomic mass is 35.5. The zero-order valence-corrected chi connectivity index (χ0v) is 11.1. The van der Waals surface area contributed by atoms with E-state index < -0.39 is 21.5 Å². The number of rotatable bonds is 4. The maximum absolute atomic E-state index is 12.0. The number of nitrogens with two attached hydrogens (primary N) is 1. The molecule has 1 amide bonds. The molecule has 3 N–H and O–H groups in total. The molecule has 0 unspecified atom stereocenters. The largest absolute Gasteiger partial charge is 0.398 e. The Morgan fingerprint density at radius 1 is 1.44 bits per heavy atom. The van der Waals surface area contributed by atoms with Crippen LogP contribution in [0.1, 0.15) is 12.8 Å². The summed E-state index contributed by atoms with van der Waals surface area (Å²) in [6.07, 6.45) is 1.82. The van der Waals surface area contributed by atoms with Crippen molar-refractivity contribution in [2.75, 3.05) is 11.5 Å². The number of hydrogen-bond donors (Lipinski definition) is 2. The molecule has 5 nitrogen and oxygen atoms in total. The molecule has 0 radical (unpaired) electrons. The monoisotopic (exact) mass is 288 g/mol. The van der Waals surface area contributed by atoms with Crippen molar-refractivity contribution in [3.63, 3.8) is 0 Å². The van der Waals surface area contributed by atoms with Crippen molar-refractivity contribution in [2.45, 2.75) is 23.8 Å². The summed E-state index contributed by atoms with van der Waals surface area (Å²) in [5.41, 5.74) is 5.69. The Balaban J connectivity index is 2.18. The Bertz CT molecular complexity index is 582. The highest BCUT2D eigenvalue weighted by Crippen LogP contribution is 2.24. The number of amides is 1. The molecule has 0 aliphatic heterocycles. The molecule has 1 aliphatic carbocycles. The molecule has 0 aromatic heterocycles. The lowest BCUT2D eigenvalue weighted by Crippen LogP contribution is -2.32. The van der Waals surface area contributed by atoms with Gasteiger partial charge in [0.05, 0.1) is 10.6 Å². The summed E-state index contributed by atoms with van der Waals surface area (Å²) in [6, 6.07) is 4.30. The molecule has 1 aromatic rings. The van der Waals surface area contributed by atoms with Gasteiger partial charge in [-0.05, 0) is 31.0 Å².